The van der Waals surface area contributed by atoms with Crippen LogP contribution in [0.15, 0.2) is 52.0 Å². The molecule has 4 heterocycles. The number of hydrogen-bond donors (Lipinski definition) is 0. The van der Waals surface area contributed by atoms with Gasteiger partial charge in [0.1, 0.15) is 0 Å². The fourth-order valence-corrected chi connectivity index (χ4v) is 4.65. The minimum Gasteiger partial charge on any atom is -0.339 e. The van der Waals surface area contributed by atoms with Gasteiger partial charge in [-0.25, -0.2) is 4.68 Å². The Balaban J connectivity index is 0.00000274. The van der Waals surface area contributed by atoms with Crippen LogP contribution >= 0.6 is 24.0 Å². The molecule has 0 bridgehead atoms. The van der Waals surface area contributed by atoms with Gasteiger partial charge < -0.3 is 4.52 Å². The Morgan fingerprint density at radius 1 is 1.18 bits per heavy atom. The highest BCUT2D eigenvalue weighted by Gasteiger charge is 2.26. The van der Waals surface area contributed by atoms with Crippen LogP contribution in [0.4, 0.5) is 0 Å². The van der Waals surface area contributed by atoms with Crippen molar-refractivity contribution in [1.82, 2.24) is 29.8 Å². The first kappa shape index (κ1) is 24.3. The van der Waals surface area contributed by atoms with Crippen molar-refractivity contribution in [3.8, 4) is 0 Å². The predicted octanol–water partition coefficient (Wildman–Crippen LogP) is 3.86. The maximum Gasteiger partial charge on any atom is 0.274 e. The van der Waals surface area contributed by atoms with E-state index in [-0.39, 0.29) is 24.0 Å². The van der Waals surface area contributed by atoms with Crippen molar-refractivity contribution in [1.29, 1.82) is 0 Å². The first-order valence-corrected chi connectivity index (χ1v) is 11.6. The Hall–Kier alpha value is -2.81. The second-order valence-electron chi connectivity index (χ2n) is 8.48. The second-order valence-corrected chi connectivity index (χ2v) is 8.91. The predicted molar refractivity (Wildman–Crippen MR) is 133 cm³/mol. The molecule has 1 aliphatic heterocycles. The van der Waals surface area contributed by atoms with Crippen molar-refractivity contribution in [2.24, 2.45) is 0 Å². The van der Waals surface area contributed by atoms with E-state index in [1.807, 2.05) is 31.2 Å². The van der Waals surface area contributed by atoms with E-state index in [1.54, 1.807) is 23.1 Å². The first-order valence-electron chi connectivity index (χ1n) is 11.2. The number of aromatic nitrogens is 5. The third-order valence-electron chi connectivity index (χ3n) is 6.19. The smallest absolute Gasteiger partial charge is 0.274 e. The summed E-state index contributed by atoms with van der Waals surface area (Å²) in [6.07, 6.45) is 6.81. The van der Waals surface area contributed by atoms with Crippen LogP contribution in [-0.2, 0) is 19.4 Å². The van der Waals surface area contributed by atoms with E-state index in [2.05, 4.69) is 20.0 Å². The Bertz CT molecular complexity index is 1320. The molecule has 8 nitrogen and oxygen atoms in total. The zero-order chi connectivity index (χ0) is 22.8. The van der Waals surface area contributed by atoms with Crippen LogP contribution in [0.1, 0.15) is 35.8 Å². The van der Waals surface area contributed by atoms with Crippen LogP contribution in [0.2, 0.25) is 5.02 Å². The molecular weight excluding hydrogens is 475 g/mol. The van der Waals surface area contributed by atoms with E-state index in [4.69, 9.17) is 21.2 Å². The molecule has 0 radical (unpaired) electrons. The lowest BCUT2D eigenvalue weighted by Crippen LogP contribution is -2.38. The second kappa shape index (κ2) is 10.6. The van der Waals surface area contributed by atoms with Gasteiger partial charge in [-0.15, -0.1) is 12.4 Å². The summed E-state index contributed by atoms with van der Waals surface area (Å²) in [5, 5.41) is 10.8. The van der Waals surface area contributed by atoms with Crippen molar-refractivity contribution in [2.75, 3.05) is 13.1 Å². The van der Waals surface area contributed by atoms with Crippen LogP contribution < -0.4 is 5.56 Å². The maximum atomic E-state index is 13.3. The number of rotatable bonds is 7. The average Bonchev–Trinajstić information content (AvgIpc) is 3.45. The molecule has 178 valence electrons. The number of benzene rings is 1. The number of pyridine rings is 1. The molecule has 5 rings (SSSR count). The van der Waals surface area contributed by atoms with E-state index in [0.29, 0.717) is 41.5 Å². The topological polar surface area (TPSA) is 89.9 Å². The zero-order valence-corrected chi connectivity index (χ0v) is 20.4. The molecule has 0 aliphatic carbocycles. The van der Waals surface area contributed by atoms with Crippen LogP contribution in [0.3, 0.4) is 0 Å². The Morgan fingerprint density at radius 3 is 2.76 bits per heavy atom. The Labute approximate surface area is 208 Å². The van der Waals surface area contributed by atoms with Crippen LogP contribution in [0.5, 0.6) is 0 Å². The first-order chi connectivity index (χ1) is 16.1. The standard InChI is InChI=1S/C24H25ClN6O2.ClH/c1-16-27-23(33-29-16)9-12-30-11-2-3-19(30)15-31-24(32)20-8-10-26-14-21(20)22(28-31)13-17-4-6-18(25)7-5-17;/h4-8,10,14,19H,2-3,9,11-13,15H2,1H3;1H/t19-;/m1./s1. The summed E-state index contributed by atoms with van der Waals surface area (Å²) in [7, 11) is 0. The number of aryl methyl sites for hydroxylation is 1. The molecule has 0 saturated carbocycles. The minimum absolute atomic E-state index is 0. The van der Waals surface area contributed by atoms with Crippen molar-refractivity contribution in [3.63, 3.8) is 0 Å². The molecule has 0 unspecified atom stereocenters. The monoisotopic (exact) mass is 500 g/mol. The molecule has 0 N–H and O–H groups in total. The summed E-state index contributed by atoms with van der Waals surface area (Å²) in [5.74, 6) is 1.30. The number of likely N-dealkylation sites (tertiary alicyclic amines) is 1. The zero-order valence-electron chi connectivity index (χ0n) is 18.9. The molecule has 1 saturated heterocycles. The van der Waals surface area contributed by atoms with Crippen LogP contribution in [0.25, 0.3) is 10.8 Å². The maximum absolute atomic E-state index is 13.3. The highest BCUT2D eigenvalue weighted by molar-refractivity contribution is 6.30. The number of hydrogen-bond acceptors (Lipinski definition) is 7. The molecule has 1 aromatic carbocycles. The fraction of sp³-hybridized carbons (Fsp3) is 0.375. The fourth-order valence-electron chi connectivity index (χ4n) is 4.52. The highest BCUT2D eigenvalue weighted by atomic mass is 35.5. The summed E-state index contributed by atoms with van der Waals surface area (Å²) in [4.78, 5) is 24.2. The van der Waals surface area contributed by atoms with E-state index in [0.717, 1.165) is 42.6 Å². The van der Waals surface area contributed by atoms with Gasteiger partial charge in [0.05, 0.1) is 17.6 Å². The quantitative estimate of drug-likeness (QED) is 0.380. The van der Waals surface area contributed by atoms with E-state index >= 15 is 0 Å². The number of halogens is 2. The molecule has 3 aromatic heterocycles. The third-order valence-corrected chi connectivity index (χ3v) is 6.44. The third kappa shape index (κ3) is 5.29. The molecule has 1 atom stereocenters. The van der Waals surface area contributed by atoms with Crippen molar-refractivity contribution in [2.45, 2.75) is 45.2 Å². The average molecular weight is 501 g/mol. The van der Waals surface area contributed by atoms with Gasteiger partial charge in [0.25, 0.3) is 5.56 Å². The molecular formula is C24H26Cl2N6O2. The van der Waals surface area contributed by atoms with Gasteiger partial charge in [0.15, 0.2) is 5.82 Å². The summed E-state index contributed by atoms with van der Waals surface area (Å²) >= 11 is 6.04. The summed E-state index contributed by atoms with van der Waals surface area (Å²) in [6.45, 7) is 4.17. The number of fused-ring (bicyclic) bond motifs is 1. The van der Waals surface area contributed by atoms with Crippen molar-refractivity contribution < 1.29 is 4.52 Å². The van der Waals surface area contributed by atoms with Crippen molar-refractivity contribution in [3.05, 3.63) is 81.1 Å². The summed E-state index contributed by atoms with van der Waals surface area (Å²) in [6, 6.07) is 9.73. The molecule has 10 heteroatoms. The molecule has 1 aliphatic rings. The van der Waals surface area contributed by atoms with Gasteiger partial charge in [-0.1, -0.05) is 28.9 Å². The molecule has 4 aromatic rings. The lowest BCUT2D eigenvalue weighted by atomic mass is 10.1. The normalized spacial score (nSPS) is 16.1. The summed E-state index contributed by atoms with van der Waals surface area (Å²) < 4.78 is 6.89. The Kier molecular flexibility index (Phi) is 7.60. The van der Waals surface area contributed by atoms with Gasteiger partial charge in [0.2, 0.25) is 5.89 Å². The lowest BCUT2D eigenvalue weighted by Gasteiger charge is -2.24. The Morgan fingerprint density at radius 2 is 2.00 bits per heavy atom. The minimum atomic E-state index is -0.0772. The number of nitrogens with zero attached hydrogens (tertiary/aromatic N) is 6. The lowest BCUT2D eigenvalue weighted by molar-refractivity contribution is 0.219. The van der Waals surface area contributed by atoms with Crippen LogP contribution in [-0.4, -0.2) is 48.9 Å². The van der Waals surface area contributed by atoms with Gasteiger partial charge >= 0.3 is 0 Å². The van der Waals surface area contributed by atoms with E-state index in [9.17, 15) is 4.79 Å². The highest BCUT2D eigenvalue weighted by Crippen LogP contribution is 2.21. The largest absolute Gasteiger partial charge is 0.339 e. The molecule has 0 amide bonds. The van der Waals surface area contributed by atoms with Gasteiger partial charge in [-0.3, -0.25) is 14.7 Å². The van der Waals surface area contributed by atoms with Crippen LogP contribution in [0, 0.1) is 6.92 Å². The van der Waals surface area contributed by atoms with E-state index < -0.39 is 0 Å². The summed E-state index contributed by atoms with van der Waals surface area (Å²) in [5.41, 5.74) is 1.84. The van der Waals surface area contributed by atoms with Gasteiger partial charge in [0, 0.05) is 48.2 Å². The van der Waals surface area contributed by atoms with Gasteiger partial charge in [-0.05, 0) is 50.1 Å². The van der Waals surface area contributed by atoms with Crippen molar-refractivity contribution >= 4 is 34.8 Å². The molecule has 34 heavy (non-hydrogen) atoms. The SMILES string of the molecule is Cc1noc(CCN2CCC[C@@H]2Cn2nc(Cc3ccc(Cl)cc3)c3cnccc3c2=O)n1.Cl. The molecule has 0 spiro atoms. The molecule has 1 fully saturated rings. The van der Waals surface area contributed by atoms with Gasteiger partial charge in [-0.2, -0.15) is 10.1 Å². The van der Waals surface area contributed by atoms with E-state index in [1.165, 1.54) is 0 Å².